The molecule has 0 radical (unpaired) electrons. The van der Waals surface area contributed by atoms with Crippen molar-refractivity contribution in [2.24, 2.45) is 0 Å². The predicted molar refractivity (Wildman–Crippen MR) is 113 cm³/mol. The lowest BCUT2D eigenvalue weighted by Crippen LogP contribution is -2.30. The summed E-state index contributed by atoms with van der Waals surface area (Å²) in [5.41, 5.74) is 1.05. The molecule has 2 aromatic carbocycles. The molecule has 162 valence electrons. The van der Waals surface area contributed by atoms with Crippen molar-refractivity contribution >= 4 is 11.9 Å². The quantitative estimate of drug-likeness (QED) is 0.539. The molecular weight excluding hydrogens is 386 g/mol. The number of hydrogen-bond acceptors (Lipinski definition) is 5. The van der Waals surface area contributed by atoms with Crippen LogP contribution in [0.3, 0.4) is 0 Å². The molecular formula is C23H29NO6. The molecule has 0 aliphatic rings. The average Bonchev–Trinajstić information content (AvgIpc) is 2.73. The molecule has 7 heteroatoms. The fourth-order valence-corrected chi connectivity index (χ4v) is 2.88. The SMILES string of the molecule is CCCOc1ccc([C@H](CC(=O)O)NC(=O)c2ccc(OCC)c(OCC)c2)cc1. The van der Waals surface area contributed by atoms with Gasteiger partial charge in [0, 0.05) is 5.56 Å². The number of carbonyl (C=O) groups excluding carboxylic acids is 1. The highest BCUT2D eigenvalue weighted by molar-refractivity contribution is 5.95. The normalized spacial score (nSPS) is 11.4. The van der Waals surface area contributed by atoms with Crippen LogP contribution in [0.4, 0.5) is 0 Å². The van der Waals surface area contributed by atoms with Gasteiger partial charge in [0.2, 0.25) is 0 Å². The first-order valence-corrected chi connectivity index (χ1v) is 10.1. The number of carbonyl (C=O) groups is 2. The van der Waals surface area contributed by atoms with E-state index in [4.69, 9.17) is 14.2 Å². The molecule has 2 rings (SSSR count). The van der Waals surface area contributed by atoms with Gasteiger partial charge in [-0.05, 0) is 56.2 Å². The lowest BCUT2D eigenvalue weighted by atomic mass is 10.0. The van der Waals surface area contributed by atoms with Gasteiger partial charge in [0.25, 0.3) is 5.91 Å². The second-order valence-corrected chi connectivity index (χ2v) is 6.57. The highest BCUT2D eigenvalue weighted by Gasteiger charge is 2.20. The molecule has 7 nitrogen and oxygen atoms in total. The van der Waals surface area contributed by atoms with Gasteiger partial charge < -0.3 is 24.6 Å². The monoisotopic (exact) mass is 415 g/mol. The first-order chi connectivity index (χ1) is 14.5. The molecule has 2 N–H and O–H groups in total. The third kappa shape index (κ3) is 6.69. The Kier molecular flexibility index (Phi) is 9.00. The van der Waals surface area contributed by atoms with Gasteiger partial charge in [0.05, 0.1) is 32.3 Å². The zero-order chi connectivity index (χ0) is 21.9. The number of nitrogens with one attached hydrogen (secondary N) is 1. The van der Waals surface area contributed by atoms with Gasteiger partial charge >= 0.3 is 5.97 Å². The summed E-state index contributed by atoms with van der Waals surface area (Å²) in [6.07, 6.45) is 0.654. The molecule has 0 heterocycles. The number of carboxylic acids is 1. The summed E-state index contributed by atoms with van der Waals surface area (Å²) < 4.78 is 16.6. The van der Waals surface area contributed by atoms with Crippen LogP contribution < -0.4 is 19.5 Å². The minimum atomic E-state index is -1.01. The van der Waals surface area contributed by atoms with E-state index in [1.165, 1.54) is 0 Å². The van der Waals surface area contributed by atoms with Gasteiger partial charge in [0.1, 0.15) is 5.75 Å². The van der Waals surface area contributed by atoms with E-state index in [0.717, 1.165) is 6.42 Å². The van der Waals surface area contributed by atoms with Crippen LogP contribution in [0.5, 0.6) is 17.2 Å². The molecule has 0 unspecified atom stereocenters. The average molecular weight is 415 g/mol. The standard InChI is InChI=1S/C23H29NO6/c1-4-13-30-18-10-7-16(8-11-18)19(15-22(25)26)24-23(27)17-9-12-20(28-5-2)21(14-17)29-6-3/h7-12,14,19H,4-6,13,15H2,1-3H3,(H,24,27)(H,25,26)/t19-/m0/s1. The van der Waals surface area contributed by atoms with E-state index in [2.05, 4.69) is 5.32 Å². The highest BCUT2D eigenvalue weighted by Crippen LogP contribution is 2.29. The molecule has 1 amide bonds. The molecule has 0 saturated carbocycles. The fraction of sp³-hybridized carbons (Fsp3) is 0.391. The minimum Gasteiger partial charge on any atom is -0.494 e. The van der Waals surface area contributed by atoms with Gasteiger partial charge in [-0.15, -0.1) is 0 Å². The van der Waals surface area contributed by atoms with E-state index in [-0.39, 0.29) is 6.42 Å². The lowest BCUT2D eigenvalue weighted by molar-refractivity contribution is -0.137. The van der Waals surface area contributed by atoms with Crippen molar-refractivity contribution in [3.05, 3.63) is 53.6 Å². The fourth-order valence-electron chi connectivity index (χ4n) is 2.88. The Labute approximate surface area is 177 Å². The summed E-state index contributed by atoms with van der Waals surface area (Å²) in [5, 5.41) is 12.1. The summed E-state index contributed by atoms with van der Waals surface area (Å²) in [5.74, 6) is 0.332. The topological polar surface area (TPSA) is 94.1 Å². The Morgan fingerprint density at radius 3 is 2.20 bits per heavy atom. The Bertz CT molecular complexity index is 834. The van der Waals surface area contributed by atoms with Crippen molar-refractivity contribution in [3.63, 3.8) is 0 Å². The van der Waals surface area contributed by atoms with Crippen LogP contribution >= 0.6 is 0 Å². The van der Waals surface area contributed by atoms with Crippen LogP contribution in [-0.2, 0) is 4.79 Å². The van der Waals surface area contributed by atoms with E-state index in [9.17, 15) is 14.7 Å². The van der Waals surface area contributed by atoms with Crippen LogP contribution in [0.2, 0.25) is 0 Å². The van der Waals surface area contributed by atoms with E-state index in [1.54, 1.807) is 42.5 Å². The summed E-state index contributed by atoms with van der Waals surface area (Å²) in [6.45, 7) is 7.24. The molecule has 2 aromatic rings. The Morgan fingerprint density at radius 2 is 1.60 bits per heavy atom. The summed E-state index contributed by atoms with van der Waals surface area (Å²) in [7, 11) is 0. The molecule has 0 fully saturated rings. The summed E-state index contributed by atoms with van der Waals surface area (Å²) in [4.78, 5) is 24.2. The molecule has 0 aliphatic heterocycles. The first kappa shape index (κ1) is 23.1. The summed E-state index contributed by atoms with van der Waals surface area (Å²) >= 11 is 0. The third-order valence-electron chi connectivity index (χ3n) is 4.24. The van der Waals surface area contributed by atoms with Crippen molar-refractivity contribution in [2.45, 2.75) is 39.7 Å². The van der Waals surface area contributed by atoms with Crippen LogP contribution in [0.1, 0.15) is 55.6 Å². The largest absolute Gasteiger partial charge is 0.494 e. The van der Waals surface area contributed by atoms with Crippen molar-refractivity contribution < 1.29 is 28.9 Å². The van der Waals surface area contributed by atoms with Crippen LogP contribution in [-0.4, -0.2) is 36.8 Å². The van der Waals surface area contributed by atoms with Gasteiger partial charge in [-0.25, -0.2) is 0 Å². The maximum atomic E-state index is 12.8. The molecule has 0 bridgehead atoms. The third-order valence-corrected chi connectivity index (χ3v) is 4.24. The van der Waals surface area contributed by atoms with Gasteiger partial charge in [-0.2, -0.15) is 0 Å². The van der Waals surface area contributed by atoms with Crippen LogP contribution in [0.15, 0.2) is 42.5 Å². The van der Waals surface area contributed by atoms with E-state index in [1.807, 2.05) is 20.8 Å². The molecule has 1 atom stereocenters. The number of amides is 1. The summed E-state index contributed by atoms with van der Waals surface area (Å²) in [6, 6.07) is 11.3. The molecule has 0 aliphatic carbocycles. The van der Waals surface area contributed by atoms with Gasteiger partial charge in [-0.3, -0.25) is 9.59 Å². The Balaban J connectivity index is 2.20. The maximum Gasteiger partial charge on any atom is 0.305 e. The molecule has 30 heavy (non-hydrogen) atoms. The van der Waals surface area contributed by atoms with Crippen LogP contribution in [0.25, 0.3) is 0 Å². The smallest absolute Gasteiger partial charge is 0.305 e. The number of carboxylic acid groups (broad SMARTS) is 1. The molecule has 0 saturated heterocycles. The Hall–Kier alpha value is -3.22. The van der Waals surface area contributed by atoms with E-state index >= 15 is 0 Å². The molecule has 0 aromatic heterocycles. The number of aliphatic carboxylic acids is 1. The van der Waals surface area contributed by atoms with Crippen LogP contribution in [0, 0.1) is 0 Å². The van der Waals surface area contributed by atoms with E-state index in [0.29, 0.717) is 48.2 Å². The number of hydrogen-bond donors (Lipinski definition) is 2. The van der Waals surface area contributed by atoms with Crippen molar-refractivity contribution in [2.75, 3.05) is 19.8 Å². The van der Waals surface area contributed by atoms with Gasteiger partial charge in [-0.1, -0.05) is 19.1 Å². The van der Waals surface area contributed by atoms with Crippen molar-refractivity contribution in [1.82, 2.24) is 5.32 Å². The lowest BCUT2D eigenvalue weighted by Gasteiger charge is -2.19. The second kappa shape index (κ2) is 11.7. The number of ether oxygens (including phenoxy) is 3. The first-order valence-electron chi connectivity index (χ1n) is 10.1. The van der Waals surface area contributed by atoms with Crippen molar-refractivity contribution in [1.29, 1.82) is 0 Å². The number of rotatable bonds is 12. The molecule has 0 spiro atoms. The Morgan fingerprint density at radius 1 is 0.933 bits per heavy atom. The highest BCUT2D eigenvalue weighted by atomic mass is 16.5. The second-order valence-electron chi connectivity index (χ2n) is 6.57. The maximum absolute atomic E-state index is 12.8. The minimum absolute atomic E-state index is 0.240. The predicted octanol–water partition coefficient (Wildman–Crippen LogP) is 4.22. The zero-order valence-electron chi connectivity index (χ0n) is 17.6. The zero-order valence-corrected chi connectivity index (χ0v) is 17.6. The number of benzene rings is 2. The van der Waals surface area contributed by atoms with Gasteiger partial charge in [0.15, 0.2) is 11.5 Å². The van der Waals surface area contributed by atoms with E-state index < -0.39 is 17.9 Å². The van der Waals surface area contributed by atoms with Crippen molar-refractivity contribution in [3.8, 4) is 17.2 Å².